The van der Waals surface area contributed by atoms with E-state index in [-0.39, 0.29) is 29.4 Å². The number of azide groups is 1. The average molecular weight is 375 g/mol. The molecule has 0 unspecified atom stereocenters. The van der Waals surface area contributed by atoms with Gasteiger partial charge in [0.25, 0.3) is 0 Å². The summed E-state index contributed by atoms with van der Waals surface area (Å²) in [5, 5.41) is 12.6. The number of amides is 1. The summed E-state index contributed by atoms with van der Waals surface area (Å²) in [5.74, 6) is -0.534. The summed E-state index contributed by atoms with van der Waals surface area (Å²) in [6.07, 6.45) is -2.81. The SMILES string of the molecule is [N-]=[N+]=N[C@@H]1[C@H](F)CCN(C(=O)O)[C@@H]1Cc1cccc(Br)c1F. The Labute approximate surface area is 133 Å². The molecule has 9 heteroatoms. The van der Waals surface area contributed by atoms with Gasteiger partial charge in [0.2, 0.25) is 0 Å². The van der Waals surface area contributed by atoms with Crippen LogP contribution < -0.4 is 0 Å². The standard InChI is InChI=1S/C13H13BrF2N4O2/c14-8-3-1-2-7(11(8)16)6-10-12(18-19-17)9(15)4-5-20(10)13(21)22/h1-3,9-10,12H,4-6H2,(H,21,22)/t9-,10-,12-/m1/s1. The highest BCUT2D eigenvalue weighted by molar-refractivity contribution is 9.10. The van der Waals surface area contributed by atoms with E-state index < -0.39 is 30.2 Å². The van der Waals surface area contributed by atoms with Crippen LogP contribution in [0.1, 0.15) is 12.0 Å². The van der Waals surface area contributed by atoms with Crippen LogP contribution in [-0.2, 0) is 6.42 Å². The van der Waals surface area contributed by atoms with E-state index in [2.05, 4.69) is 26.0 Å². The van der Waals surface area contributed by atoms with Gasteiger partial charge in [-0.1, -0.05) is 17.2 Å². The van der Waals surface area contributed by atoms with Gasteiger partial charge < -0.3 is 10.0 Å². The van der Waals surface area contributed by atoms with Gasteiger partial charge in [-0.05, 0) is 45.9 Å². The second-order valence-corrected chi connectivity index (χ2v) is 5.81. The fraction of sp³-hybridized carbons (Fsp3) is 0.462. The summed E-state index contributed by atoms with van der Waals surface area (Å²) in [6, 6.07) is 2.49. The van der Waals surface area contributed by atoms with E-state index in [1.807, 2.05) is 0 Å². The second kappa shape index (κ2) is 6.93. The maximum Gasteiger partial charge on any atom is 0.407 e. The minimum absolute atomic E-state index is 0.0196. The number of nitrogens with zero attached hydrogens (tertiary/aromatic N) is 4. The van der Waals surface area contributed by atoms with Crippen molar-refractivity contribution >= 4 is 22.0 Å². The maximum absolute atomic E-state index is 14.1. The average Bonchev–Trinajstić information content (AvgIpc) is 2.47. The van der Waals surface area contributed by atoms with Crippen LogP contribution >= 0.6 is 15.9 Å². The number of carbonyl (C=O) groups is 1. The number of hydrogen-bond donors (Lipinski definition) is 1. The van der Waals surface area contributed by atoms with Crippen LogP contribution in [0.25, 0.3) is 10.4 Å². The number of piperidine rings is 1. The summed E-state index contributed by atoms with van der Waals surface area (Å²) in [5.41, 5.74) is 8.82. The lowest BCUT2D eigenvalue weighted by Gasteiger charge is -2.39. The zero-order chi connectivity index (χ0) is 16.3. The topological polar surface area (TPSA) is 89.3 Å². The Morgan fingerprint density at radius 3 is 2.95 bits per heavy atom. The minimum Gasteiger partial charge on any atom is -0.465 e. The van der Waals surface area contributed by atoms with E-state index in [4.69, 9.17) is 5.53 Å². The third-order valence-corrected chi connectivity index (χ3v) is 4.31. The van der Waals surface area contributed by atoms with Crippen molar-refractivity contribution in [3.63, 3.8) is 0 Å². The molecule has 22 heavy (non-hydrogen) atoms. The Kier molecular flexibility index (Phi) is 5.20. The lowest BCUT2D eigenvalue weighted by Crippen LogP contribution is -2.55. The normalized spacial score (nSPS) is 24.7. The van der Waals surface area contributed by atoms with Crippen molar-refractivity contribution in [3.8, 4) is 0 Å². The van der Waals surface area contributed by atoms with Gasteiger partial charge in [0.05, 0.1) is 16.6 Å². The van der Waals surface area contributed by atoms with Crippen molar-refractivity contribution in [2.75, 3.05) is 6.54 Å². The van der Waals surface area contributed by atoms with E-state index in [0.717, 1.165) is 4.90 Å². The van der Waals surface area contributed by atoms with Crippen molar-refractivity contribution in [2.24, 2.45) is 5.11 Å². The number of carboxylic acid groups (broad SMARTS) is 1. The molecule has 1 fully saturated rings. The summed E-state index contributed by atoms with van der Waals surface area (Å²) >= 11 is 3.05. The first-order valence-electron chi connectivity index (χ1n) is 6.56. The van der Waals surface area contributed by atoms with Crippen LogP contribution in [0.15, 0.2) is 27.8 Å². The van der Waals surface area contributed by atoms with Crippen LogP contribution in [0, 0.1) is 5.82 Å². The molecule has 3 atom stereocenters. The molecule has 1 N–H and O–H groups in total. The van der Waals surface area contributed by atoms with Crippen LogP contribution in [-0.4, -0.2) is 40.9 Å². The summed E-state index contributed by atoms with van der Waals surface area (Å²) < 4.78 is 28.3. The van der Waals surface area contributed by atoms with E-state index in [1.54, 1.807) is 6.07 Å². The van der Waals surface area contributed by atoms with Crippen molar-refractivity contribution in [1.29, 1.82) is 0 Å². The minimum atomic E-state index is -1.45. The molecule has 6 nitrogen and oxygen atoms in total. The van der Waals surface area contributed by atoms with E-state index >= 15 is 0 Å². The van der Waals surface area contributed by atoms with E-state index in [0.29, 0.717) is 0 Å². The van der Waals surface area contributed by atoms with Crippen LogP contribution in [0.5, 0.6) is 0 Å². The first-order chi connectivity index (χ1) is 10.5. The van der Waals surface area contributed by atoms with Gasteiger partial charge in [-0.2, -0.15) is 0 Å². The van der Waals surface area contributed by atoms with Crippen LogP contribution in [0.3, 0.4) is 0 Å². The fourth-order valence-electron chi connectivity index (χ4n) is 2.63. The molecule has 0 spiro atoms. The van der Waals surface area contributed by atoms with E-state index in [1.165, 1.54) is 12.1 Å². The fourth-order valence-corrected chi connectivity index (χ4v) is 3.04. The Balaban J connectivity index is 2.37. The number of likely N-dealkylation sites (tertiary alicyclic amines) is 1. The predicted molar refractivity (Wildman–Crippen MR) is 78.8 cm³/mol. The van der Waals surface area contributed by atoms with Crippen molar-refractivity contribution in [1.82, 2.24) is 4.90 Å². The van der Waals surface area contributed by atoms with E-state index in [9.17, 15) is 18.7 Å². The molecule has 1 saturated heterocycles. The van der Waals surface area contributed by atoms with Gasteiger partial charge in [-0.3, -0.25) is 0 Å². The number of hydrogen-bond acceptors (Lipinski definition) is 2. The van der Waals surface area contributed by atoms with Crippen molar-refractivity contribution in [2.45, 2.75) is 31.1 Å². The van der Waals surface area contributed by atoms with Gasteiger partial charge in [0, 0.05) is 11.5 Å². The van der Waals surface area contributed by atoms with Crippen molar-refractivity contribution in [3.05, 3.63) is 44.5 Å². The molecule has 0 radical (unpaired) electrons. The van der Waals surface area contributed by atoms with Gasteiger partial charge in [0.15, 0.2) is 0 Å². The number of alkyl halides is 1. The number of halogens is 3. The lowest BCUT2D eigenvalue weighted by atomic mass is 9.90. The highest BCUT2D eigenvalue weighted by atomic mass is 79.9. The Bertz CT molecular complexity index is 624. The van der Waals surface area contributed by atoms with Gasteiger partial charge in [0.1, 0.15) is 12.0 Å². The zero-order valence-corrected chi connectivity index (χ0v) is 12.9. The molecule has 1 aromatic carbocycles. The molecule has 0 aromatic heterocycles. The zero-order valence-electron chi connectivity index (χ0n) is 11.4. The summed E-state index contributed by atoms with van der Waals surface area (Å²) in [6.45, 7) is -0.0196. The molecule has 118 valence electrons. The molecule has 1 aromatic rings. The molecular formula is C13H13BrF2N4O2. The summed E-state index contributed by atoms with van der Waals surface area (Å²) in [7, 11) is 0. The quantitative estimate of drug-likeness (QED) is 0.493. The first kappa shape index (κ1) is 16.5. The molecule has 2 rings (SSSR count). The molecule has 0 saturated carbocycles. The lowest BCUT2D eigenvalue weighted by molar-refractivity contribution is 0.0628. The maximum atomic E-state index is 14.1. The Morgan fingerprint density at radius 1 is 1.59 bits per heavy atom. The first-order valence-corrected chi connectivity index (χ1v) is 7.35. The van der Waals surface area contributed by atoms with Crippen molar-refractivity contribution < 1.29 is 18.7 Å². The molecule has 0 aliphatic carbocycles. The molecule has 1 amide bonds. The van der Waals surface area contributed by atoms with Gasteiger partial charge >= 0.3 is 6.09 Å². The largest absolute Gasteiger partial charge is 0.465 e. The summed E-state index contributed by atoms with van der Waals surface area (Å²) in [4.78, 5) is 14.9. The van der Waals surface area contributed by atoms with Crippen LogP contribution in [0.4, 0.5) is 13.6 Å². The van der Waals surface area contributed by atoms with Gasteiger partial charge in [-0.25, -0.2) is 13.6 Å². The van der Waals surface area contributed by atoms with Crippen LogP contribution in [0.2, 0.25) is 0 Å². The Hall–Kier alpha value is -1.86. The highest BCUT2D eigenvalue weighted by Gasteiger charge is 2.40. The number of benzene rings is 1. The Morgan fingerprint density at radius 2 is 2.32 bits per heavy atom. The third-order valence-electron chi connectivity index (χ3n) is 3.70. The number of rotatable bonds is 3. The smallest absolute Gasteiger partial charge is 0.407 e. The molecular weight excluding hydrogens is 362 g/mol. The highest BCUT2D eigenvalue weighted by Crippen LogP contribution is 2.28. The predicted octanol–water partition coefficient (Wildman–Crippen LogP) is 3.90. The monoisotopic (exact) mass is 374 g/mol. The molecule has 1 aliphatic rings. The second-order valence-electron chi connectivity index (χ2n) is 4.96. The molecule has 1 aliphatic heterocycles. The third kappa shape index (κ3) is 3.31. The molecule has 0 bridgehead atoms. The molecule has 1 heterocycles. The van der Waals surface area contributed by atoms with Gasteiger partial charge in [-0.15, -0.1) is 0 Å².